The fourth-order valence-electron chi connectivity index (χ4n) is 2.78. The van der Waals surface area contributed by atoms with E-state index in [-0.39, 0.29) is 0 Å². The molecule has 0 spiro atoms. The summed E-state index contributed by atoms with van der Waals surface area (Å²) in [5.41, 5.74) is 10.1. The standard InChI is InChI=1S/C18H19N7S/c1-11-22-15(10-26-11)13-5-3-12(4-6-13)7-8-20-18-23-16(19)14-9-21-25(2)17(14)24-18/h3-6,9-10H,7-8H2,1-2H3,(H3,19,20,23,24). The number of nitrogens with zero attached hydrogens (tertiary/aromatic N) is 5. The summed E-state index contributed by atoms with van der Waals surface area (Å²) in [6, 6.07) is 8.48. The average Bonchev–Trinajstić information content (AvgIpc) is 3.22. The van der Waals surface area contributed by atoms with Gasteiger partial charge in [-0.3, -0.25) is 4.68 Å². The lowest BCUT2D eigenvalue weighted by atomic mass is 10.1. The molecule has 3 N–H and O–H groups in total. The van der Waals surface area contributed by atoms with Crippen LogP contribution in [-0.4, -0.2) is 31.3 Å². The quantitative estimate of drug-likeness (QED) is 0.564. The number of nitrogen functional groups attached to an aromatic ring is 1. The Morgan fingerprint density at radius 2 is 1.96 bits per heavy atom. The van der Waals surface area contributed by atoms with Gasteiger partial charge in [0.1, 0.15) is 5.82 Å². The normalized spacial score (nSPS) is 11.2. The lowest BCUT2D eigenvalue weighted by molar-refractivity contribution is 0.785. The molecule has 7 nitrogen and oxygen atoms in total. The van der Waals surface area contributed by atoms with E-state index in [4.69, 9.17) is 5.73 Å². The minimum absolute atomic E-state index is 0.438. The Hall–Kier alpha value is -3.00. The first kappa shape index (κ1) is 16.5. The molecule has 0 unspecified atom stereocenters. The second-order valence-electron chi connectivity index (χ2n) is 6.06. The van der Waals surface area contributed by atoms with Gasteiger partial charge in [-0.15, -0.1) is 11.3 Å². The van der Waals surface area contributed by atoms with Crippen LogP contribution in [0.4, 0.5) is 11.8 Å². The lowest BCUT2D eigenvalue weighted by Gasteiger charge is -2.07. The molecule has 0 atom stereocenters. The zero-order valence-electron chi connectivity index (χ0n) is 14.6. The molecule has 0 aliphatic carbocycles. The van der Waals surface area contributed by atoms with Crippen molar-refractivity contribution in [3.05, 3.63) is 46.4 Å². The summed E-state index contributed by atoms with van der Waals surface area (Å²) in [7, 11) is 1.84. The van der Waals surface area contributed by atoms with Crippen molar-refractivity contribution in [1.82, 2.24) is 24.7 Å². The van der Waals surface area contributed by atoms with Crippen molar-refractivity contribution in [3.8, 4) is 11.3 Å². The van der Waals surface area contributed by atoms with Crippen molar-refractivity contribution < 1.29 is 0 Å². The molecule has 26 heavy (non-hydrogen) atoms. The SMILES string of the molecule is Cc1nc(-c2ccc(CCNc3nc(N)c4cnn(C)c4n3)cc2)cs1. The van der Waals surface area contributed by atoms with E-state index in [2.05, 4.69) is 55.0 Å². The van der Waals surface area contributed by atoms with Crippen molar-refractivity contribution in [2.75, 3.05) is 17.6 Å². The smallest absolute Gasteiger partial charge is 0.226 e. The van der Waals surface area contributed by atoms with Crippen molar-refractivity contribution >= 4 is 34.1 Å². The third-order valence-electron chi connectivity index (χ3n) is 4.19. The molecule has 8 heteroatoms. The van der Waals surface area contributed by atoms with Crippen LogP contribution < -0.4 is 11.1 Å². The first-order chi connectivity index (χ1) is 12.6. The van der Waals surface area contributed by atoms with E-state index >= 15 is 0 Å². The van der Waals surface area contributed by atoms with Crippen molar-refractivity contribution in [2.24, 2.45) is 7.05 Å². The number of nitrogens with one attached hydrogen (secondary N) is 1. The number of nitrogens with two attached hydrogens (primary N) is 1. The maximum Gasteiger partial charge on any atom is 0.226 e. The van der Waals surface area contributed by atoms with Crippen molar-refractivity contribution in [2.45, 2.75) is 13.3 Å². The fourth-order valence-corrected chi connectivity index (χ4v) is 3.40. The monoisotopic (exact) mass is 365 g/mol. The summed E-state index contributed by atoms with van der Waals surface area (Å²) in [5, 5.41) is 11.3. The van der Waals surface area contributed by atoms with E-state index < -0.39 is 0 Å². The van der Waals surface area contributed by atoms with Crippen LogP contribution in [0.15, 0.2) is 35.8 Å². The molecule has 3 aromatic heterocycles. The van der Waals surface area contributed by atoms with Gasteiger partial charge in [-0.05, 0) is 18.9 Å². The van der Waals surface area contributed by atoms with Gasteiger partial charge in [0, 0.05) is 24.5 Å². The zero-order valence-corrected chi connectivity index (χ0v) is 15.4. The lowest BCUT2D eigenvalue weighted by Crippen LogP contribution is -2.09. The number of benzene rings is 1. The summed E-state index contributed by atoms with van der Waals surface area (Å²) in [5.74, 6) is 0.960. The Kier molecular flexibility index (Phi) is 4.26. The van der Waals surface area contributed by atoms with Crippen LogP contribution in [0.1, 0.15) is 10.6 Å². The Morgan fingerprint density at radius 1 is 1.15 bits per heavy atom. The molecule has 0 saturated carbocycles. The first-order valence-electron chi connectivity index (χ1n) is 8.30. The molecule has 0 aliphatic rings. The highest BCUT2D eigenvalue weighted by atomic mass is 32.1. The molecule has 4 rings (SSSR count). The number of fused-ring (bicyclic) bond motifs is 1. The molecule has 132 valence electrons. The van der Waals surface area contributed by atoms with Crippen LogP contribution in [0.2, 0.25) is 0 Å². The Balaban J connectivity index is 1.41. The summed E-state index contributed by atoms with van der Waals surface area (Å²) >= 11 is 1.67. The van der Waals surface area contributed by atoms with Crippen LogP contribution in [0.3, 0.4) is 0 Å². The number of anilines is 2. The third kappa shape index (κ3) is 3.23. The summed E-state index contributed by atoms with van der Waals surface area (Å²) in [6.07, 6.45) is 2.54. The largest absolute Gasteiger partial charge is 0.383 e. The van der Waals surface area contributed by atoms with Crippen molar-refractivity contribution in [1.29, 1.82) is 0 Å². The van der Waals surface area contributed by atoms with Crippen LogP contribution in [0.25, 0.3) is 22.3 Å². The minimum Gasteiger partial charge on any atom is -0.383 e. The van der Waals surface area contributed by atoms with Gasteiger partial charge in [0.2, 0.25) is 5.95 Å². The van der Waals surface area contributed by atoms with E-state index in [1.807, 2.05) is 14.0 Å². The number of hydrogen-bond donors (Lipinski definition) is 2. The van der Waals surface area contributed by atoms with Crippen LogP contribution in [0, 0.1) is 6.92 Å². The topological polar surface area (TPSA) is 94.5 Å². The van der Waals surface area contributed by atoms with Crippen molar-refractivity contribution in [3.63, 3.8) is 0 Å². The number of aryl methyl sites for hydroxylation is 2. The van der Waals surface area contributed by atoms with Gasteiger partial charge in [0.15, 0.2) is 5.65 Å². The molecule has 0 saturated heterocycles. The molecule has 3 heterocycles. The number of rotatable bonds is 5. The molecular formula is C18H19N7S. The van der Waals surface area contributed by atoms with Gasteiger partial charge in [0.05, 0.1) is 22.3 Å². The van der Waals surface area contributed by atoms with Gasteiger partial charge in [-0.25, -0.2) is 4.98 Å². The van der Waals surface area contributed by atoms with E-state index in [1.54, 1.807) is 22.2 Å². The molecule has 0 amide bonds. The molecule has 0 bridgehead atoms. The Labute approximate surface area is 154 Å². The second-order valence-corrected chi connectivity index (χ2v) is 7.13. The molecular weight excluding hydrogens is 346 g/mol. The number of hydrogen-bond acceptors (Lipinski definition) is 7. The van der Waals surface area contributed by atoms with E-state index in [0.717, 1.165) is 40.3 Å². The molecule has 1 aromatic carbocycles. The Bertz CT molecular complexity index is 1050. The Morgan fingerprint density at radius 3 is 2.69 bits per heavy atom. The minimum atomic E-state index is 0.438. The highest BCUT2D eigenvalue weighted by molar-refractivity contribution is 7.09. The first-order valence-corrected chi connectivity index (χ1v) is 9.18. The summed E-state index contributed by atoms with van der Waals surface area (Å²) in [4.78, 5) is 13.3. The molecule has 0 radical (unpaired) electrons. The predicted molar refractivity (Wildman–Crippen MR) is 105 cm³/mol. The highest BCUT2D eigenvalue weighted by Crippen LogP contribution is 2.22. The van der Waals surface area contributed by atoms with Gasteiger partial charge < -0.3 is 11.1 Å². The zero-order chi connectivity index (χ0) is 18.1. The fraction of sp³-hybridized carbons (Fsp3) is 0.222. The number of thiazole rings is 1. The summed E-state index contributed by atoms with van der Waals surface area (Å²) < 4.78 is 1.69. The molecule has 4 aromatic rings. The maximum absolute atomic E-state index is 5.98. The van der Waals surface area contributed by atoms with Gasteiger partial charge in [0.25, 0.3) is 0 Å². The van der Waals surface area contributed by atoms with Crippen LogP contribution >= 0.6 is 11.3 Å². The highest BCUT2D eigenvalue weighted by Gasteiger charge is 2.09. The predicted octanol–water partition coefficient (Wildman–Crippen LogP) is 3.03. The van der Waals surface area contributed by atoms with E-state index in [1.165, 1.54) is 5.56 Å². The van der Waals surface area contributed by atoms with Crippen LogP contribution in [0.5, 0.6) is 0 Å². The van der Waals surface area contributed by atoms with E-state index in [9.17, 15) is 0 Å². The molecule has 0 aliphatic heterocycles. The third-order valence-corrected chi connectivity index (χ3v) is 4.96. The maximum atomic E-state index is 5.98. The van der Waals surface area contributed by atoms with Gasteiger partial charge in [-0.1, -0.05) is 24.3 Å². The molecule has 0 fully saturated rings. The average molecular weight is 365 g/mol. The van der Waals surface area contributed by atoms with Gasteiger partial charge >= 0.3 is 0 Å². The van der Waals surface area contributed by atoms with Crippen LogP contribution in [-0.2, 0) is 13.5 Å². The second kappa shape index (κ2) is 6.72. The summed E-state index contributed by atoms with van der Waals surface area (Å²) in [6.45, 7) is 2.74. The number of aromatic nitrogens is 5. The van der Waals surface area contributed by atoms with Gasteiger partial charge in [-0.2, -0.15) is 15.1 Å². The van der Waals surface area contributed by atoms with E-state index in [0.29, 0.717) is 11.8 Å².